The lowest BCUT2D eigenvalue weighted by Crippen LogP contribution is -2.44. The van der Waals surface area contributed by atoms with Gasteiger partial charge < -0.3 is 23.9 Å². The van der Waals surface area contributed by atoms with Crippen molar-refractivity contribution in [1.29, 1.82) is 0 Å². The van der Waals surface area contributed by atoms with Crippen LogP contribution in [0.1, 0.15) is 21.8 Å². The van der Waals surface area contributed by atoms with Gasteiger partial charge in [0.25, 0.3) is 5.91 Å². The molecule has 4 rings (SSSR count). The van der Waals surface area contributed by atoms with Crippen LogP contribution in [0, 0.1) is 0 Å². The molecule has 1 N–H and O–H groups in total. The minimum absolute atomic E-state index is 0.217. The molecule has 0 fully saturated rings. The van der Waals surface area contributed by atoms with Gasteiger partial charge in [0.15, 0.2) is 5.75 Å². The van der Waals surface area contributed by atoms with Gasteiger partial charge in [0.05, 0.1) is 12.5 Å². The quantitative estimate of drug-likeness (QED) is 0.550. The first-order valence-corrected chi connectivity index (χ1v) is 10.3. The molecule has 2 aromatic heterocycles. The number of hydrogen-bond donors (Lipinski definition) is 1. The van der Waals surface area contributed by atoms with Crippen molar-refractivity contribution in [2.75, 3.05) is 19.6 Å². The number of fused-ring (bicyclic) bond motifs is 1. The summed E-state index contributed by atoms with van der Waals surface area (Å²) in [7, 11) is 0. The van der Waals surface area contributed by atoms with E-state index in [9.17, 15) is 14.4 Å². The third-order valence-electron chi connectivity index (χ3n) is 5.07. The van der Waals surface area contributed by atoms with Gasteiger partial charge >= 0.3 is 0 Å². The van der Waals surface area contributed by atoms with Gasteiger partial charge in [0, 0.05) is 38.3 Å². The number of furan rings is 1. The van der Waals surface area contributed by atoms with Gasteiger partial charge in [0.2, 0.25) is 11.3 Å². The molecule has 0 spiro atoms. The maximum absolute atomic E-state index is 12.8. The summed E-state index contributed by atoms with van der Waals surface area (Å²) in [5.74, 6) is 0.279. The van der Waals surface area contributed by atoms with Crippen LogP contribution in [0.15, 0.2) is 76.3 Å². The zero-order valence-electron chi connectivity index (χ0n) is 17.4. The second-order valence-corrected chi connectivity index (χ2v) is 7.29. The first kappa shape index (κ1) is 21.2. The monoisotopic (exact) mass is 433 g/mol. The number of amides is 2. The molecule has 1 aliphatic rings. The number of ether oxygens (including phenoxy) is 1. The summed E-state index contributed by atoms with van der Waals surface area (Å²) in [6.07, 6.45) is 6.07. The third-order valence-corrected chi connectivity index (χ3v) is 5.07. The summed E-state index contributed by atoms with van der Waals surface area (Å²) >= 11 is 0. The van der Waals surface area contributed by atoms with Crippen LogP contribution in [-0.4, -0.2) is 40.9 Å². The molecule has 3 heterocycles. The van der Waals surface area contributed by atoms with E-state index in [0.717, 1.165) is 5.56 Å². The number of benzene rings is 1. The number of hydrogen-bond acceptors (Lipinski definition) is 5. The summed E-state index contributed by atoms with van der Waals surface area (Å²) < 4.78 is 12.5. The second kappa shape index (κ2) is 9.82. The van der Waals surface area contributed by atoms with Crippen LogP contribution in [0.4, 0.5) is 0 Å². The van der Waals surface area contributed by atoms with E-state index in [4.69, 9.17) is 9.15 Å². The Morgan fingerprint density at radius 2 is 1.97 bits per heavy atom. The maximum Gasteiger partial charge on any atom is 0.270 e. The zero-order valence-corrected chi connectivity index (χ0v) is 17.4. The molecule has 1 aromatic carbocycles. The van der Waals surface area contributed by atoms with Crippen LogP contribution in [0.2, 0.25) is 0 Å². The molecule has 1 aliphatic heterocycles. The smallest absolute Gasteiger partial charge is 0.270 e. The highest BCUT2D eigenvalue weighted by molar-refractivity contribution is 5.93. The lowest BCUT2D eigenvalue weighted by molar-refractivity contribution is -0.116. The summed E-state index contributed by atoms with van der Waals surface area (Å²) in [6, 6.07) is 14.4. The van der Waals surface area contributed by atoms with Gasteiger partial charge in [-0.05, 0) is 23.8 Å². The highest BCUT2D eigenvalue weighted by Crippen LogP contribution is 2.15. The highest BCUT2D eigenvalue weighted by Gasteiger charge is 2.25. The Labute approximate surface area is 184 Å². The Morgan fingerprint density at radius 3 is 2.75 bits per heavy atom. The van der Waals surface area contributed by atoms with E-state index in [2.05, 4.69) is 5.32 Å². The number of pyridine rings is 1. The Bertz CT molecular complexity index is 1170. The molecule has 0 saturated heterocycles. The van der Waals surface area contributed by atoms with Gasteiger partial charge in [-0.3, -0.25) is 14.4 Å². The van der Waals surface area contributed by atoms with Crippen molar-refractivity contribution in [3.05, 3.63) is 94.3 Å². The summed E-state index contributed by atoms with van der Waals surface area (Å²) in [5, 5.41) is 2.74. The predicted molar refractivity (Wildman–Crippen MR) is 118 cm³/mol. The van der Waals surface area contributed by atoms with E-state index in [0.29, 0.717) is 37.6 Å². The summed E-state index contributed by atoms with van der Waals surface area (Å²) in [4.78, 5) is 38.8. The molecule has 8 heteroatoms. The summed E-state index contributed by atoms with van der Waals surface area (Å²) in [5.41, 5.74) is 0.939. The molecule has 0 aliphatic carbocycles. The Hall–Kier alpha value is -4.07. The van der Waals surface area contributed by atoms with Gasteiger partial charge in [-0.25, -0.2) is 0 Å². The fourth-order valence-electron chi connectivity index (χ4n) is 3.39. The second-order valence-electron chi connectivity index (χ2n) is 7.29. The van der Waals surface area contributed by atoms with Crippen molar-refractivity contribution in [1.82, 2.24) is 14.8 Å². The minimum Gasteiger partial charge on any atom is -0.483 e. The normalized spacial score (nSPS) is 13.2. The molecule has 2 amide bonds. The lowest BCUT2D eigenvalue weighted by atomic mass is 10.2. The number of aromatic nitrogens is 1. The number of nitrogens with one attached hydrogen (secondary N) is 1. The topological polar surface area (TPSA) is 93.8 Å². The average molecular weight is 433 g/mol. The standard InChI is InChI=1S/C24H23N3O5/c28-21-15-20-24(30)26(11-10-25-23(29)9-8-19-7-4-14-31-19)12-13-27(20)16-22(21)32-17-18-5-2-1-3-6-18/h1-9,14-16H,10-13,17H2,(H,25,29)/b9-8+. The molecule has 8 nitrogen and oxygen atoms in total. The molecule has 0 radical (unpaired) electrons. The number of carbonyl (C=O) groups excluding carboxylic acids is 2. The van der Waals surface area contributed by atoms with Gasteiger partial charge in [-0.15, -0.1) is 0 Å². The van der Waals surface area contributed by atoms with Crippen LogP contribution in [0.5, 0.6) is 5.75 Å². The van der Waals surface area contributed by atoms with E-state index in [-0.39, 0.29) is 29.6 Å². The molecule has 32 heavy (non-hydrogen) atoms. The molecular formula is C24H23N3O5. The third kappa shape index (κ3) is 5.15. The van der Waals surface area contributed by atoms with Gasteiger partial charge in [0.1, 0.15) is 18.1 Å². The van der Waals surface area contributed by atoms with Crippen LogP contribution in [0.25, 0.3) is 6.08 Å². The Kier molecular flexibility index (Phi) is 6.50. The Balaban J connectivity index is 1.32. The molecule has 3 aromatic rings. The maximum atomic E-state index is 12.8. The SMILES string of the molecule is O=C(/C=C/c1ccco1)NCCN1CCn2cc(OCc3ccccc3)c(=O)cc2C1=O. The minimum atomic E-state index is -0.334. The zero-order chi connectivity index (χ0) is 22.3. The van der Waals surface area contributed by atoms with E-state index in [1.165, 1.54) is 18.4 Å². The van der Waals surface area contributed by atoms with Crippen molar-refractivity contribution in [2.24, 2.45) is 0 Å². The van der Waals surface area contributed by atoms with Crippen molar-refractivity contribution in [2.45, 2.75) is 13.2 Å². The van der Waals surface area contributed by atoms with E-state index >= 15 is 0 Å². The number of carbonyl (C=O) groups is 2. The molecule has 0 bridgehead atoms. The lowest BCUT2D eigenvalue weighted by Gasteiger charge is -2.30. The first-order chi connectivity index (χ1) is 15.6. The molecule has 0 atom stereocenters. The average Bonchev–Trinajstić information content (AvgIpc) is 3.33. The van der Waals surface area contributed by atoms with E-state index in [1.807, 2.05) is 30.3 Å². The van der Waals surface area contributed by atoms with Gasteiger partial charge in [-0.1, -0.05) is 30.3 Å². The highest BCUT2D eigenvalue weighted by atomic mass is 16.5. The van der Waals surface area contributed by atoms with Gasteiger partial charge in [-0.2, -0.15) is 0 Å². The molecule has 0 saturated carbocycles. The predicted octanol–water partition coefficient (Wildman–Crippen LogP) is 2.31. The summed E-state index contributed by atoms with van der Waals surface area (Å²) in [6.45, 7) is 1.94. The largest absolute Gasteiger partial charge is 0.483 e. The first-order valence-electron chi connectivity index (χ1n) is 10.3. The van der Waals surface area contributed by atoms with E-state index < -0.39 is 0 Å². The van der Waals surface area contributed by atoms with Crippen LogP contribution in [-0.2, 0) is 17.9 Å². The van der Waals surface area contributed by atoms with E-state index in [1.54, 1.807) is 33.9 Å². The number of nitrogens with zero attached hydrogens (tertiary/aromatic N) is 2. The molecule has 164 valence electrons. The molecule has 0 unspecified atom stereocenters. The van der Waals surface area contributed by atoms with Crippen LogP contribution < -0.4 is 15.5 Å². The fourth-order valence-corrected chi connectivity index (χ4v) is 3.39. The van der Waals surface area contributed by atoms with Crippen molar-refractivity contribution >= 4 is 17.9 Å². The van der Waals surface area contributed by atoms with Crippen molar-refractivity contribution in [3.8, 4) is 5.75 Å². The van der Waals surface area contributed by atoms with Crippen LogP contribution >= 0.6 is 0 Å². The van der Waals surface area contributed by atoms with Crippen molar-refractivity contribution < 1.29 is 18.7 Å². The fraction of sp³-hybridized carbons (Fsp3) is 0.208. The Morgan fingerprint density at radius 1 is 1.12 bits per heavy atom. The number of rotatable bonds is 8. The molecular weight excluding hydrogens is 410 g/mol. The van der Waals surface area contributed by atoms with Crippen LogP contribution in [0.3, 0.4) is 0 Å². The van der Waals surface area contributed by atoms with Crippen molar-refractivity contribution in [3.63, 3.8) is 0 Å².